The largest absolute Gasteiger partial charge is 0.350 e. The van der Waals surface area contributed by atoms with Crippen molar-refractivity contribution in [2.24, 2.45) is 0 Å². The molecule has 0 bridgehead atoms. The molecule has 0 saturated heterocycles. The summed E-state index contributed by atoms with van der Waals surface area (Å²) in [5.41, 5.74) is 1.30. The maximum absolute atomic E-state index is 4.28. The van der Waals surface area contributed by atoms with E-state index < -0.39 is 0 Å². The van der Waals surface area contributed by atoms with Gasteiger partial charge in [-0.2, -0.15) is 0 Å². The fourth-order valence-corrected chi connectivity index (χ4v) is 1.74. The Labute approximate surface area is 86.3 Å². The van der Waals surface area contributed by atoms with E-state index in [1.807, 2.05) is 13.1 Å². The van der Waals surface area contributed by atoms with Crippen molar-refractivity contribution in [2.45, 2.75) is 52.5 Å². The third-order valence-corrected chi connectivity index (χ3v) is 3.12. The van der Waals surface area contributed by atoms with Gasteiger partial charge in [0.1, 0.15) is 0 Å². The van der Waals surface area contributed by atoms with E-state index in [1.54, 1.807) is 0 Å². The Morgan fingerprint density at radius 1 is 1.29 bits per heavy atom. The number of aromatic amines is 1. The van der Waals surface area contributed by atoms with Crippen LogP contribution in [0.25, 0.3) is 0 Å². The molecule has 80 valence electrons. The number of hydrogen-bond acceptors (Lipinski definition) is 2. The van der Waals surface area contributed by atoms with Gasteiger partial charge >= 0.3 is 0 Å². The van der Waals surface area contributed by atoms with E-state index in [1.165, 1.54) is 0 Å². The molecule has 1 aromatic rings. The molecular weight excluding hydrogens is 174 g/mol. The molecule has 14 heavy (non-hydrogen) atoms. The Bertz CT molecular complexity index is 266. The maximum Gasteiger partial charge on any atom is 0.200 e. The zero-order chi connectivity index (χ0) is 10.6. The first-order chi connectivity index (χ1) is 6.65. The highest BCUT2D eigenvalue weighted by atomic mass is 15.2. The van der Waals surface area contributed by atoms with Crippen LogP contribution in [-0.2, 0) is 0 Å². The number of anilines is 1. The van der Waals surface area contributed by atoms with E-state index >= 15 is 0 Å². The summed E-state index contributed by atoms with van der Waals surface area (Å²) in [5.74, 6) is 0.896. The van der Waals surface area contributed by atoms with Gasteiger partial charge in [-0.1, -0.05) is 20.8 Å². The summed E-state index contributed by atoms with van der Waals surface area (Å²) in [4.78, 5) is 7.49. The number of H-pyrrole nitrogens is 1. The van der Waals surface area contributed by atoms with Gasteiger partial charge < -0.3 is 10.3 Å². The summed E-state index contributed by atoms with van der Waals surface area (Å²) in [6, 6.07) is 0. The molecule has 3 heteroatoms. The van der Waals surface area contributed by atoms with Gasteiger partial charge in [-0.25, -0.2) is 4.98 Å². The Morgan fingerprint density at radius 3 is 2.21 bits per heavy atom. The molecule has 0 saturated carbocycles. The Morgan fingerprint density at radius 2 is 1.86 bits per heavy atom. The van der Waals surface area contributed by atoms with Crippen molar-refractivity contribution >= 4 is 5.95 Å². The standard InChI is InChI=1S/C11H21N3/c1-5-11(6-2,7-3)14-10-12-8-9(4)13-10/h8H,5-7H2,1-4H3,(H2,12,13,14). The van der Waals surface area contributed by atoms with Crippen LogP contribution in [-0.4, -0.2) is 15.5 Å². The van der Waals surface area contributed by atoms with Crippen LogP contribution in [0.15, 0.2) is 6.20 Å². The van der Waals surface area contributed by atoms with Crippen LogP contribution in [0.4, 0.5) is 5.95 Å². The second kappa shape index (κ2) is 4.49. The van der Waals surface area contributed by atoms with E-state index in [9.17, 15) is 0 Å². The summed E-state index contributed by atoms with van der Waals surface area (Å²) in [7, 11) is 0. The predicted molar refractivity (Wildman–Crippen MR) is 60.6 cm³/mol. The normalized spacial score (nSPS) is 11.7. The topological polar surface area (TPSA) is 40.7 Å². The number of aromatic nitrogens is 2. The third kappa shape index (κ3) is 2.28. The molecule has 1 rings (SSSR count). The predicted octanol–water partition coefficient (Wildman–Crippen LogP) is 3.10. The lowest BCUT2D eigenvalue weighted by Gasteiger charge is -2.31. The van der Waals surface area contributed by atoms with Crippen LogP contribution in [0.1, 0.15) is 45.7 Å². The number of hydrogen-bond donors (Lipinski definition) is 2. The van der Waals surface area contributed by atoms with Gasteiger partial charge in [-0.05, 0) is 26.2 Å². The molecule has 0 fully saturated rings. The minimum atomic E-state index is 0.199. The molecule has 0 spiro atoms. The summed E-state index contributed by atoms with van der Waals surface area (Å²) < 4.78 is 0. The minimum Gasteiger partial charge on any atom is -0.350 e. The van der Waals surface area contributed by atoms with Crippen LogP contribution < -0.4 is 5.32 Å². The first-order valence-electron chi connectivity index (χ1n) is 5.45. The number of aryl methyl sites for hydroxylation is 1. The molecule has 3 nitrogen and oxygen atoms in total. The molecule has 0 amide bonds. The summed E-state index contributed by atoms with van der Waals surface area (Å²) >= 11 is 0. The van der Waals surface area contributed by atoms with E-state index in [0.717, 1.165) is 30.9 Å². The number of nitrogens with one attached hydrogen (secondary N) is 2. The highest BCUT2D eigenvalue weighted by Gasteiger charge is 2.24. The SMILES string of the molecule is CCC(CC)(CC)Nc1ncc(C)[nH]1. The van der Waals surface area contributed by atoms with E-state index in [0.29, 0.717) is 0 Å². The molecule has 0 unspecified atom stereocenters. The number of nitrogens with zero attached hydrogens (tertiary/aromatic N) is 1. The third-order valence-electron chi connectivity index (χ3n) is 3.12. The number of rotatable bonds is 5. The van der Waals surface area contributed by atoms with Crippen molar-refractivity contribution in [3.05, 3.63) is 11.9 Å². The molecule has 1 heterocycles. The molecule has 0 atom stereocenters. The first kappa shape index (κ1) is 11.1. The fraction of sp³-hybridized carbons (Fsp3) is 0.727. The second-order valence-corrected chi connectivity index (χ2v) is 3.88. The van der Waals surface area contributed by atoms with E-state index in [2.05, 4.69) is 36.1 Å². The van der Waals surface area contributed by atoms with Crippen LogP contribution in [0.3, 0.4) is 0 Å². The molecule has 0 aliphatic rings. The van der Waals surface area contributed by atoms with E-state index in [4.69, 9.17) is 0 Å². The molecule has 0 aliphatic heterocycles. The monoisotopic (exact) mass is 195 g/mol. The molecule has 1 aromatic heterocycles. The van der Waals surface area contributed by atoms with Crippen molar-refractivity contribution in [2.75, 3.05) is 5.32 Å². The Kier molecular flexibility index (Phi) is 3.55. The second-order valence-electron chi connectivity index (χ2n) is 3.88. The van der Waals surface area contributed by atoms with Crippen molar-refractivity contribution in [1.29, 1.82) is 0 Å². The zero-order valence-corrected chi connectivity index (χ0v) is 9.65. The fourth-order valence-electron chi connectivity index (χ4n) is 1.74. The van der Waals surface area contributed by atoms with Crippen molar-refractivity contribution < 1.29 is 0 Å². The van der Waals surface area contributed by atoms with Gasteiger partial charge in [0.2, 0.25) is 5.95 Å². The first-order valence-corrected chi connectivity index (χ1v) is 5.45. The smallest absolute Gasteiger partial charge is 0.200 e. The summed E-state index contributed by atoms with van der Waals surface area (Å²) in [6.45, 7) is 8.67. The molecule has 2 N–H and O–H groups in total. The van der Waals surface area contributed by atoms with Gasteiger partial charge in [0, 0.05) is 17.4 Å². The lowest BCUT2D eigenvalue weighted by atomic mass is 9.90. The van der Waals surface area contributed by atoms with Gasteiger partial charge in [-0.3, -0.25) is 0 Å². The Balaban J connectivity index is 2.73. The van der Waals surface area contributed by atoms with Gasteiger partial charge in [0.05, 0.1) is 0 Å². The zero-order valence-electron chi connectivity index (χ0n) is 9.65. The average molecular weight is 195 g/mol. The van der Waals surface area contributed by atoms with Gasteiger partial charge in [-0.15, -0.1) is 0 Å². The van der Waals surface area contributed by atoms with Crippen LogP contribution in [0.5, 0.6) is 0 Å². The van der Waals surface area contributed by atoms with Crippen LogP contribution in [0, 0.1) is 6.92 Å². The molecular formula is C11H21N3. The summed E-state index contributed by atoms with van der Waals surface area (Å²) in [5, 5.41) is 3.50. The lowest BCUT2D eigenvalue weighted by molar-refractivity contribution is 0.417. The quantitative estimate of drug-likeness (QED) is 0.758. The van der Waals surface area contributed by atoms with Crippen molar-refractivity contribution in [1.82, 2.24) is 9.97 Å². The lowest BCUT2D eigenvalue weighted by Crippen LogP contribution is -2.36. The Hall–Kier alpha value is -0.990. The van der Waals surface area contributed by atoms with Crippen LogP contribution >= 0.6 is 0 Å². The van der Waals surface area contributed by atoms with Crippen LogP contribution in [0.2, 0.25) is 0 Å². The average Bonchev–Trinajstić information content (AvgIpc) is 2.61. The molecule has 0 aromatic carbocycles. The van der Waals surface area contributed by atoms with Gasteiger partial charge in [0.15, 0.2) is 0 Å². The van der Waals surface area contributed by atoms with Gasteiger partial charge in [0.25, 0.3) is 0 Å². The molecule has 0 radical (unpaired) electrons. The molecule has 0 aliphatic carbocycles. The number of imidazole rings is 1. The highest BCUT2D eigenvalue weighted by Crippen LogP contribution is 2.23. The van der Waals surface area contributed by atoms with Crippen molar-refractivity contribution in [3.63, 3.8) is 0 Å². The summed E-state index contributed by atoms with van der Waals surface area (Å²) in [6.07, 6.45) is 5.23. The van der Waals surface area contributed by atoms with Crippen molar-refractivity contribution in [3.8, 4) is 0 Å². The van der Waals surface area contributed by atoms with E-state index in [-0.39, 0.29) is 5.54 Å². The maximum atomic E-state index is 4.28. The highest BCUT2D eigenvalue weighted by molar-refractivity contribution is 5.30. The minimum absolute atomic E-state index is 0.199.